The van der Waals surface area contributed by atoms with Crippen molar-refractivity contribution in [2.45, 2.75) is 148 Å². The van der Waals surface area contributed by atoms with Crippen molar-refractivity contribution in [2.24, 2.45) is 0 Å². The van der Waals surface area contributed by atoms with E-state index in [1.807, 2.05) is 0 Å². The molecule has 6 heteroatoms. The summed E-state index contributed by atoms with van der Waals surface area (Å²) in [4.78, 5) is 25.7. The van der Waals surface area contributed by atoms with Gasteiger partial charge in [-0.2, -0.15) is 0 Å². The predicted octanol–water partition coefficient (Wildman–Crippen LogP) is 7.21. The minimum Gasteiger partial charge on any atom is -0.469 e. The summed E-state index contributed by atoms with van der Waals surface area (Å²) in [6.45, 7) is 7.36. The highest BCUT2D eigenvalue weighted by Crippen LogP contribution is 2.15. The van der Waals surface area contributed by atoms with Gasteiger partial charge in [0, 0.05) is 19.4 Å². The van der Waals surface area contributed by atoms with E-state index in [0.29, 0.717) is 12.8 Å². The molecule has 6 nitrogen and oxygen atoms in total. The van der Waals surface area contributed by atoms with Gasteiger partial charge in [-0.05, 0) is 58.0 Å². The first-order valence-electron chi connectivity index (χ1n) is 15.2. The molecule has 0 aromatic rings. The first-order valence-corrected chi connectivity index (χ1v) is 15.2. The van der Waals surface area contributed by atoms with Crippen molar-refractivity contribution in [3.8, 4) is 0 Å². The number of rotatable bonds is 27. The van der Waals surface area contributed by atoms with Gasteiger partial charge in [0.2, 0.25) is 0 Å². The number of hydrogen-bond donors (Lipinski definition) is 1. The fraction of sp³-hybridized carbons (Fsp3) is 0.933. The average molecular weight is 514 g/mol. The predicted molar refractivity (Wildman–Crippen MR) is 149 cm³/mol. The molecule has 0 saturated carbocycles. The van der Waals surface area contributed by atoms with E-state index in [9.17, 15) is 14.7 Å². The number of nitrogens with zero attached hydrogens (tertiary/aromatic N) is 1. The Morgan fingerprint density at radius 3 is 1.69 bits per heavy atom. The number of unbranched alkanes of at least 4 members (excludes halogenated alkanes) is 13. The second-order valence-electron chi connectivity index (χ2n) is 10.3. The quantitative estimate of drug-likeness (QED) is 0.0924. The summed E-state index contributed by atoms with van der Waals surface area (Å²) in [7, 11) is 1.44. The first kappa shape index (κ1) is 34.9. The van der Waals surface area contributed by atoms with Crippen molar-refractivity contribution in [2.75, 3.05) is 33.4 Å². The third kappa shape index (κ3) is 23.3. The monoisotopic (exact) mass is 513 g/mol. The third-order valence-electron chi connectivity index (χ3n) is 6.99. The molecule has 0 aromatic carbocycles. The van der Waals surface area contributed by atoms with E-state index in [0.717, 1.165) is 90.3 Å². The summed E-state index contributed by atoms with van der Waals surface area (Å²) in [5, 5.41) is 9.35. The number of hydrogen-bond acceptors (Lipinski definition) is 6. The van der Waals surface area contributed by atoms with Crippen molar-refractivity contribution >= 4 is 11.9 Å². The minimum absolute atomic E-state index is 0.0211. The molecule has 0 amide bonds. The Hall–Kier alpha value is -1.14. The maximum Gasteiger partial charge on any atom is 0.306 e. The van der Waals surface area contributed by atoms with Gasteiger partial charge in [0.05, 0.1) is 13.7 Å². The van der Waals surface area contributed by atoms with Crippen LogP contribution in [0, 0.1) is 0 Å². The normalized spacial score (nSPS) is 12.1. The highest BCUT2D eigenvalue weighted by molar-refractivity contribution is 5.69. The summed E-state index contributed by atoms with van der Waals surface area (Å²) in [5.41, 5.74) is 0. The van der Waals surface area contributed by atoms with Gasteiger partial charge in [-0.3, -0.25) is 9.59 Å². The molecule has 214 valence electrons. The molecular weight excluding hydrogens is 454 g/mol. The van der Waals surface area contributed by atoms with Crippen LogP contribution >= 0.6 is 0 Å². The Morgan fingerprint density at radius 1 is 0.667 bits per heavy atom. The lowest BCUT2D eigenvalue weighted by molar-refractivity contribution is -0.149. The molecule has 0 aromatic heterocycles. The fourth-order valence-electron chi connectivity index (χ4n) is 4.59. The molecular formula is C30H59NO5. The van der Waals surface area contributed by atoms with Crippen molar-refractivity contribution in [1.82, 2.24) is 4.90 Å². The number of esters is 2. The van der Waals surface area contributed by atoms with Gasteiger partial charge >= 0.3 is 11.9 Å². The lowest BCUT2D eigenvalue weighted by atomic mass is 10.1. The Balaban J connectivity index is 3.72. The summed E-state index contributed by atoms with van der Waals surface area (Å²) in [6, 6.07) is 0. The maximum atomic E-state index is 12.2. The van der Waals surface area contributed by atoms with Gasteiger partial charge in [-0.1, -0.05) is 84.5 Å². The zero-order chi connectivity index (χ0) is 26.7. The number of ether oxygens (including phenoxy) is 2. The molecule has 1 unspecified atom stereocenters. The standard InChI is InChI=1S/C30H59NO5/c1-4-6-7-8-11-16-21-28(5-2)36-30(34)23-18-13-10-15-20-25-31(26-27-32)24-19-14-9-12-17-22-29(33)35-3/h28,32H,4-27H2,1-3H3. The van der Waals surface area contributed by atoms with Crippen LogP contribution in [0.4, 0.5) is 0 Å². The number of methoxy groups -OCH3 is 1. The van der Waals surface area contributed by atoms with Crippen molar-refractivity contribution in [1.29, 1.82) is 0 Å². The molecule has 0 saturated heterocycles. The second kappa shape index (κ2) is 26.9. The Bertz CT molecular complexity index is 500. The fourth-order valence-corrected chi connectivity index (χ4v) is 4.59. The number of carbonyl (C=O) groups excluding carboxylic acids is 2. The topological polar surface area (TPSA) is 76.1 Å². The third-order valence-corrected chi connectivity index (χ3v) is 6.99. The molecule has 0 heterocycles. The van der Waals surface area contributed by atoms with Gasteiger partial charge in [-0.15, -0.1) is 0 Å². The van der Waals surface area contributed by atoms with E-state index in [2.05, 4.69) is 23.5 Å². The highest BCUT2D eigenvalue weighted by atomic mass is 16.5. The summed E-state index contributed by atoms with van der Waals surface area (Å²) < 4.78 is 10.4. The van der Waals surface area contributed by atoms with E-state index >= 15 is 0 Å². The van der Waals surface area contributed by atoms with Gasteiger partial charge in [-0.25, -0.2) is 0 Å². The van der Waals surface area contributed by atoms with E-state index in [1.54, 1.807) is 0 Å². The zero-order valence-electron chi connectivity index (χ0n) is 24.1. The molecule has 0 aliphatic carbocycles. The molecule has 0 bridgehead atoms. The van der Waals surface area contributed by atoms with E-state index < -0.39 is 0 Å². The highest BCUT2D eigenvalue weighted by Gasteiger charge is 2.12. The van der Waals surface area contributed by atoms with Crippen LogP contribution in [0.25, 0.3) is 0 Å². The van der Waals surface area contributed by atoms with Gasteiger partial charge in [0.25, 0.3) is 0 Å². The SMILES string of the molecule is CCCCCCCCC(CC)OC(=O)CCCCCCCN(CCO)CCCCCCCC(=O)OC. The van der Waals surface area contributed by atoms with Crippen LogP contribution in [0.2, 0.25) is 0 Å². The lowest BCUT2D eigenvalue weighted by Gasteiger charge is -2.21. The van der Waals surface area contributed by atoms with Crippen LogP contribution < -0.4 is 0 Å². The van der Waals surface area contributed by atoms with E-state index in [-0.39, 0.29) is 24.6 Å². The summed E-state index contributed by atoms with van der Waals surface area (Å²) >= 11 is 0. The number of carbonyl (C=O) groups is 2. The second-order valence-corrected chi connectivity index (χ2v) is 10.3. The summed E-state index contributed by atoms with van der Waals surface area (Å²) in [6.07, 6.45) is 21.6. The molecule has 0 radical (unpaired) electrons. The number of aliphatic hydroxyl groups excluding tert-OH is 1. The lowest BCUT2D eigenvalue weighted by Crippen LogP contribution is -2.29. The average Bonchev–Trinajstić information content (AvgIpc) is 2.88. The van der Waals surface area contributed by atoms with E-state index in [1.165, 1.54) is 52.1 Å². The Morgan fingerprint density at radius 2 is 1.17 bits per heavy atom. The molecule has 0 fully saturated rings. The van der Waals surface area contributed by atoms with Crippen molar-refractivity contribution in [3.63, 3.8) is 0 Å². The molecule has 1 N–H and O–H groups in total. The van der Waals surface area contributed by atoms with Crippen molar-refractivity contribution < 1.29 is 24.2 Å². The zero-order valence-corrected chi connectivity index (χ0v) is 24.1. The molecule has 0 rings (SSSR count). The Kier molecular flexibility index (Phi) is 26.1. The molecule has 0 spiro atoms. The first-order chi connectivity index (χ1) is 17.6. The van der Waals surface area contributed by atoms with Crippen LogP contribution in [0.5, 0.6) is 0 Å². The van der Waals surface area contributed by atoms with Crippen LogP contribution in [-0.4, -0.2) is 61.4 Å². The van der Waals surface area contributed by atoms with Gasteiger partial charge < -0.3 is 19.5 Å². The van der Waals surface area contributed by atoms with Crippen LogP contribution in [0.3, 0.4) is 0 Å². The molecule has 1 atom stereocenters. The molecule has 0 aliphatic rings. The largest absolute Gasteiger partial charge is 0.469 e. The number of aliphatic hydroxyl groups is 1. The molecule has 0 aliphatic heterocycles. The maximum absolute atomic E-state index is 12.2. The molecule has 36 heavy (non-hydrogen) atoms. The minimum atomic E-state index is -0.118. The Labute approximate surface area is 222 Å². The summed E-state index contributed by atoms with van der Waals surface area (Å²) in [5.74, 6) is -0.139. The van der Waals surface area contributed by atoms with Crippen LogP contribution in [0.15, 0.2) is 0 Å². The van der Waals surface area contributed by atoms with Gasteiger partial charge in [0.1, 0.15) is 6.10 Å². The van der Waals surface area contributed by atoms with Crippen LogP contribution in [-0.2, 0) is 19.1 Å². The van der Waals surface area contributed by atoms with E-state index in [4.69, 9.17) is 4.74 Å². The van der Waals surface area contributed by atoms with Crippen LogP contribution in [0.1, 0.15) is 142 Å². The van der Waals surface area contributed by atoms with Gasteiger partial charge in [0.15, 0.2) is 0 Å². The van der Waals surface area contributed by atoms with Crippen molar-refractivity contribution in [3.05, 3.63) is 0 Å². The smallest absolute Gasteiger partial charge is 0.306 e.